The smallest absolute Gasteiger partial charge is 0.337 e. The van der Waals surface area contributed by atoms with Crippen LogP contribution in [0.2, 0.25) is 0 Å². The lowest BCUT2D eigenvalue weighted by Gasteiger charge is -2.10. The molecule has 108 valence electrons. The number of carboxylic acids is 1. The second kappa shape index (κ2) is 7.13. The van der Waals surface area contributed by atoms with Crippen molar-refractivity contribution in [3.63, 3.8) is 0 Å². The summed E-state index contributed by atoms with van der Waals surface area (Å²) in [5, 5.41) is 13.9. The maximum atomic E-state index is 11.6. The minimum absolute atomic E-state index is 0.00752. The van der Waals surface area contributed by atoms with Crippen LogP contribution in [0.5, 0.6) is 0 Å². The number of amides is 2. The molecule has 0 saturated carbocycles. The van der Waals surface area contributed by atoms with Crippen LogP contribution in [0, 0.1) is 6.92 Å². The second-order valence-electron chi connectivity index (χ2n) is 4.06. The summed E-state index contributed by atoms with van der Waals surface area (Å²) in [6.07, 6.45) is 0.0452. The van der Waals surface area contributed by atoms with Crippen LogP contribution in [0.1, 0.15) is 22.3 Å². The summed E-state index contributed by atoms with van der Waals surface area (Å²) in [6.45, 7) is 1.86. The van der Waals surface area contributed by atoms with Crippen LogP contribution in [0.25, 0.3) is 0 Å². The van der Waals surface area contributed by atoms with Crippen LogP contribution >= 0.6 is 0 Å². The van der Waals surface area contributed by atoms with Crippen LogP contribution in [0.4, 0.5) is 10.5 Å². The monoisotopic (exact) mass is 280 g/mol. The third-order valence-electron chi connectivity index (χ3n) is 2.50. The van der Waals surface area contributed by atoms with Crippen molar-refractivity contribution in [2.75, 3.05) is 19.0 Å². The zero-order valence-corrected chi connectivity index (χ0v) is 11.2. The molecule has 1 rings (SSSR count). The number of benzene rings is 1. The van der Waals surface area contributed by atoms with Gasteiger partial charge in [-0.2, -0.15) is 0 Å². The number of ether oxygens (including phenoxy) is 1. The van der Waals surface area contributed by atoms with Gasteiger partial charge in [-0.25, -0.2) is 9.59 Å². The summed E-state index contributed by atoms with van der Waals surface area (Å²) < 4.78 is 4.43. The molecule has 1 aromatic rings. The molecule has 0 spiro atoms. The molecule has 0 aliphatic carbocycles. The largest absolute Gasteiger partial charge is 0.478 e. The molecule has 0 unspecified atom stereocenters. The molecule has 0 heterocycles. The van der Waals surface area contributed by atoms with E-state index in [0.29, 0.717) is 0 Å². The van der Waals surface area contributed by atoms with Crippen molar-refractivity contribution < 1.29 is 24.2 Å². The lowest BCUT2D eigenvalue weighted by Crippen LogP contribution is -2.31. The molecule has 3 N–H and O–H groups in total. The summed E-state index contributed by atoms with van der Waals surface area (Å²) in [6, 6.07) is 4.09. The minimum Gasteiger partial charge on any atom is -0.478 e. The fourth-order valence-corrected chi connectivity index (χ4v) is 1.49. The highest BCUT2D eigenvalue weighted by Gasteiger charge is 2.12. The van der Waals surface area contributed by atoms with E-state index in [1.165, 1.54) is 19.2 Å². The number of esters is 1. The standard InChI is InChI=1S/C13H16N2O5/c1-8-3-4-10(9(7-8)12(17)18)15-13(19)14-6-5-11(16)20-2/h3-4,7H,5-6H2,1-2H3,(H,17,18)(H2,14,15,19). The number of aromatic carboxylic acids is 1. The van der Waals surface area contributed by atoms with E-state index in [-0.39, 0.29) is 24.2 Å². The number of nitrogens with one attached hydrogen (secondary N) is 2. The first-order chi connectivity index (χ1) is 9.43. The quantitative estimate of drug-likeness (QED) is 0.707. The van der Waals surface area contributed by atoms with Gasteiger partial charge in [0.1, 0.15) is 0 Å². The van der Waals surface area contributed by atoms with Gasteiger partial charge < -0.3 is 20.5 Å². The Morgan fingerprint density at radius 3 is 2.60 bits per heavy atom. The molecule has 0 aliphatic heterocycles. The number of anilines is 1. The molecule has 2 amide bonds. The van der Waals surface area contributed by atoms with E-state index in [4.69, 9.17) is 5.11 Å². The first-order valence-corrected chi connectivity index (χ1v) is 5.89. The number of carbonyl (C=O) groups excluding carboxylic acids is 2. The van der Waals surface area contributed by atoms with Gasteiger partial charge in [0.25, 0.3) is 0 Å². The lowest BCUT2D eigenvalue weighted by molar-refractivity contribution is -0.140. The van der Waals surface area contributed by atoms with Crippen molar-refractivity contribution in [2.24, 2.45) is 0 Å². The Balaban J connectivity index is 2.62. The SMILES string of the molecule is COC(=O)CCNC(=O)Nc1ccc(C)cc1C(=O)O. The molecule has 0 aliphatic rings. The molecular weight excluding hydrogens is 264 g/mol. The molecule has 0 aromatic heterocycles. The number of hydrogen-bond acceptors (Lipinski definition) is 4. The molecule has 0 saturated heterocycles. The molecule has 0 atom stereocenters. The van der Waals surface area contributed by atoms with Gasteiger partial charge in [-0.15, -0.1) is 0 Å². The van der Waals surface area contributed by atoms with Crippen molar-refractivity contribution in [1.82, 2.24) is 5.32 Å². The van der Waals surface area contributed by atoms with Crippen molar-refractivity contribution in [3.05, 3.63) is 29.3 Å². The van der Waals surface area contributed by atoms with E-state index < -0.39 is 18.0 Å². The van der Waals surface area contributed by atoms with E-state index in [0.717, 1.165) is 5.56 Å². The molecule has 7 nitrogen and oxygen atoms in total. The van der Waals surface area contributed by atoms with Gasteiger partial charge in [-0.3, -0.25) is 4.79 Å². The molecule has 0 fully saturated rings. The van der Waals surface area contributed by atoms with Crippen LogP contribution in [0.3, 0.4) is 0 Å². The van der Waals surface area contributed by atoms with Gasteiger partial charge in [0, 0.05) is 6.54 Å². The van der Waals surface area contributed by atoms with Gasteiger partial charge in [0.05, 0.1) is 24.8 Å². The first kappa shape index (κ1) is 15.5. The molecular formula is C13H16N2O5. The average molecular weight is 280 g/mol. The van der Waals surface area contributed by atoms with Crippen LogP contribution in [-0.4, -0.2) is 36.7 Å². The highest BCUT2D eigenvalue weighted by molar-refractivity contribution is 6.00. The van der Waals surface area contributed by atoms with Gasteiger partial charge in [0.15, 0.2) is 0 Å². The Morgan fingerprint density at radius 2 is 2.00 bits per heavy atom. The Morgan fingerprint density at radius 1 is 1.30 bits per heavy atom. The van der Waals surface area contributed by atoms with E-state index in [9.17, 15) is 14.4 Å². The number of hydrogen-bond donors (Lipinski definition) is 3. The van der Waals surface area contributed by atoms with Crippen molar-refractivity contribution in [2.45, 2.75) is 13.3 Å². The van der Waals surface area contributed by atoms with Gasteiger partial charge in [-0.05, 0) is 19.1 Å². The van der Waals surface area contributed by atoms with Crippen molar-refractivity contribution in [3.8, 4) is 0 Å². The lowest BCUT2D eigenvalue weighted by atomic mass is 10.1. The number of urea groups is 1. The second-order valence-corrected chi connectivity index (χ2v) is 4.06. The predicted molar refractivity (Wildman–Crippen MR) is 71.8 cm³/mol. The van der Waals surface area contributed by atoms with Crippen molar-refractivity contribution >= 4 is 23.7 Å². The highest BCUT2D eigenvalue weighted by atomic mass is 16.5. The molecule has 1 aromatic carbocycles. The third-order valence-corrected chi connectivity index (χ3v) is 2.50. The van der Waals surface area contributed by atoms with Gasteiger partial charge in [0.2, 0.25) is 0 Å². The predicted octanol–water partition coefficient (Wildman–Crippen LogP) is 1.38. The Bertz CT molecular complexity index is 527. The zero-order chi connectivity index (χ0) is 15.1. The number of aryl methyl sites for hydroxylation is 1. The number of rotatable bonds is 5. The highest BCUT2D eigenvalue weighted by Crippen LogP contribution is 2.17. The summed E-state index contributed by atoms with van der Waals surface area (Å²) >= 11 is 0. The van der Waals surface area contributed by atoms with Crippen molar-refractivity contribution in [1.29, 1.82) is 0 Å². The van der Waals surface area contributed by atoms with E-state index in [1.807, 2.05) is 0 Å². The fourth-order valence-electron chi connectivity index (χ4n) is 1.49. The van der Waals surface area contributed by atoms with Crippen LogP contribution in [0.15, 0.2) is 18.2 Å². The summed E-state index contributed by atoms with van der Waals surface area (Å²) in [5.41, 5.74) is 0.978. The van der Waals surface area contributed by atoms with Gasteiger partial charge >= 0.3 is 18.0 Å². The third kappa shape index (κ3) is 4.60. The Hall–Kier alpha value is -2.57. The summed E-state index contributed by atoms with van der Waals surface area (Å²) in [5.74, 6) is -1.56. The summed E-state index contributed by atoms with van der Waals surface area (Å²) in [4.78, 5) is 33.5. The normalized spacial score (nSPS) is 9.70. The zero-order valence-electron chi connectivity index (χ0n) is 11.2. The van der Waals surface area contributed by atoms with E-state index >= 15 is 0 Å². The average Bonchev–Trinajstić information content (AvgIpc) is 2.40. The fraction of sp³-hybridized carbons (Fsp3) is 0.308. The molecule has 0 bridgehead atoms. The Kier molecular flexibility index (Phi) is 5.52. The molecule has 0 radical (unpaired) electrons. The van der Waals surface area contributed by atoms with Gasteiger partial charge in [-0.1, -0.05) is 11.6 Å². The van der Waals surface area contributed by atoms with E-state index in [2.05, 4.69) is 15.4 Å². The Labute approximate surface area is 115 Å². The first-order valence-electron chi connectivity index (χ1n) is 5.89. The van der Waals surface area contributed by atoms with Crippen LogP contribution in [-0.2, 0) is 9.53 Å². The topological polar surface area (TPSA) is 105 Å². The van der Waals surface area contributed by atoms with E-state index in [1.54, 1.807) is 13.0 Å². The minimum atomic E-state index is -1.13. The maximum absolute atomic E-state index is 11.6. The number of methoxy groups -OCH3 is 1. The maximum Gasteiger partial charge on any atom is 0.337 e. The molecule has 7 heteroatoms. The number of carbonyl (C=O) groups is 3. The summed E-state index contributed by atoms with van der Waals surface area (Å²) in [7, 11) is 1.26. The van der Waals surface area contributed by atoms with Crippen LogP contribution < -0.4 is 10.6 Å². The number of carboxylic acid groups (broad SMARTS) is 1. The molecule has 20 heavy (non-hydrogen) atoms.